The van der Waals surface area contributed by atoms with Crippen molar-refractivity contribution in [3.63, 3.8) is 0 Å². The third-order valence-corrected chi connectivity index (χ3v) is 2.85. The fourth-order valence-electron chi connectivity index (χ4n) is 2.13. The van der Waals surface area contributed by atoms with E-state index in [1.54, 1.807) is 0 Å². The molecule has 0 saturated carbocycles. The van der Waals surface area contributed by atoms with Gasteiger partial charge in [-0.25, -0.2) is 0 Å². The van der Waals surface area contributed by atoms with Crippen molar-refractivity contribution < 1.29 is 0 Å². The molecule has 0 bridgehead atoms. The van der Waals surface area contributed by atoms with E-state index in [4.69, 9.17) is 0 Å². The standard InChI is InChI=1S/C12H13N3/c1-2-6-13-10(4-1)12-11-5-3-8-15(11)9-7-14-12/h1-6,8,12,14H,7,9H2/t12-/m1/s1. The zero-order chi connectivity index (χ0) is 10.1. The van der Waals surface area contributed by atoms with Crippen LogP contribution in [0.25, 0.3) is 0 Å². The summed E-state index contributed by atoms with van der Waals surface area (Å²) in [7, 11) is 0. The molecular formula is C12H13N3. The van der Waals surface area contributed by atoms with Gasteiger partial charge in [0.1, 0.15) is 0 Å². The zero-order valence-electron chi connectivity index (χ0n) is 8.43. The van der Waals surface area contributed by atoms with E-state index in [0.29, 0.717) is 0 Å². The number of fused-ring (bicyclic) bond motifs is 1. The van der Waals surface area contributed by atoms with Gasteiger partial charge in [-0.1, -0.05) is 6.07 Å². The molecule has 1 N–H and O–H groups in total. The molecule has 0 fully saturated rings. The second-order valence-corrected chi connectivity index (χ2v) is 3.77. The molecule has 1 atom stereocenters. The summed E-state index contributed by atoms with van der Waals surface area (Å²) >= 11 is 0. The SMILES string of the molecule is c1ccc([C@H]2NCCn3cccc32)nc1. The maximum atomic E-state index is 4.41. The molecular weight excluding hydrogens is 186 g/mol. The van der Waals surface area contributed by atoms with Crippen molar-refractivity contribution in [3.8, 4) is 0 Å². The van der Waals surface area contributed by atoms with E-state index in [-0.39, 0.29) is 6.04 Å². The largest absolute Gasteiger partial charge is 0.348 e. The van der Waals surface area contributed by atoms with Crippen LogP contribution in [0.3, 0.4) is 0 Å². The summed E-state index contributed by atoms with van der Waals surface area (Å²) in [5.74, 6) is 0. The Kier molecular flexibility index (Phi) is 2.03. The molecule has 1 aliphatic heterocycles. The van der Waals surface area contributed by atoms with E-state index in [1.165, 1.54) is 5.69 Å². The summed E-state index contributed by atoms with van der Waals surface area (Å²) in [4.78, 5) is 4.41. The first kappa shape index (κ1) is 8.68. The Labute approximate surface area is 88.8 Å². The van der Waals surface area contributed by atoms with Crippen LogP contribution in [0.1, 0.15) is 17.4 Å². The quantitative estimate of drug-likeness (QED) is 0.755. The molecule has 2 aromatic heterocycles. The summed E-state index contributed by atoms with van der Waals surface area (Å²) in [5.41, 5.74) is 2.40. The number of hydrogen-bond acceptors (Lipinski definition) is 2. The number of nitrogens with one attached hydrogen (secondary N) is 1. The minimum atomic E-state index is 0.245. The number of pyridine rings is 1. The Morgan fingerprint density at radius 3 is 3.13 bits per heavy atom. The van der Waals surface area contributed by atoms with Crippen molar-refractivity contribution in [2.45, 2.75) is 12.6 Å². The van der Waals surface area contributed by atoms with Crippen LogP contribution >= 0.6 is 0 Å². The third kappa shape index (κ3) is 1.45. The van der Waals surface area contributed by atoms with E-state index >= 15 is 0 Å². The van der Waals surface area contributed by atoms with Crippen LogP contribution in [0.2, 0.25) is 0 Å². The van der Waals surface area contributed by atoms with Crippen LogP contribution in [-0.4, -0.2) is 16.1 Å². The van der Waals surface area contributed by atoms with Crippen molar-refractivity contribution in [1.82, 2.24) is 14.9 Å². The molecule has 3 nitrogen and oxygen atoms in total. The summed E-state index contributed by atoms with van der Waals surface area (Å²) in [6.07, 6.45) is 3.98. The number of nitrogens with zero attached hydrogens (tertiary/aromatic N) is 2. The molecule has 1 aliphatic rings. The van der Waals surface area contributed by atoms with Gasteiger partial charge in [0.15, 0.2) is 0 Å². The van der Waals surface area contributed by atoms with Crippen molar-refractivity contribution in [3.05, 3.63) is 54.1 Å². The second kappa shape index (κ2) is 3.51. The van der Waals surface area contributed by atoms with Crippen LogP contribution in [0.4, 0.5) is 0 Å². The van der Waals surface area contributed by atoms with Crippen molar-refractivity contribution >= 4 is 0 Å². The van der Waals surface area contributed by atoms with Gasteiger partial charge < -0.3 is 9.88 Å². The van der Waals surface area contributed by atoms with Gasteiger partial charge in [0, 0.05) is 31.2 Å². The van der Waals surface area contributed by atoms with E-state index in [2.05, 4.69) is 39.3 Å². The average molecular weight is 199 g/mol. The van der Waals surface area contributed by atoms with Crippen molar-refractivity contribution in [2.24, 2.45) is 0 Å². The molecule has 0 radical (unpaired) electrons. The van der Waals surface area contributed by atoms with Gasteiger partial charge in [-0.3, -0.25) is 4.98 Å². The lowest BCUT2D eigenvalue weighted by Crippen LogP contribution is -2.33. The molecule has 0 saturated heterocycles. The Hall–Kier alpha value is -1.61. The van der Waals surface area contributed by atoms with Crippen LogP contribution in [-0.2, 0) is 6.54 Å². The molecule has 3 heteroatoms. The van der Waals surface area contributed by atoms with Gasteiger partial charge in [-0.05, 0) is 24.3 Å². The summed E-state index contributed by atoms with van der Waals surface area (Å²) in [6.45, 7) is 2.05. The smallest absolute Gasteiger partial charge is 0.0905 e. The maximum Gasteiger partial charge on any atom is 0.0905 e. The minimum absolute atomic E-state index is 0.245. The molecule has 0 spiro atoms. The van der Waals surface area contributed by atoms with Gasteiger partial charge in [0.05, 0.1) is 11.7 Å². The van der Waals surface area contributed by atoms with Gasteiger partial charge in [-0.2, -0.15) is 0 Å². The molecule has 15 heavy (non-hydrogen) atoms. The van der Waals surface area contributed by atoms with Crippen LogP contribution in [0.5, 0.6) is 0 Å². The van der Waals surface area contributed by atoms with Gasteiger partial charge >= 0.3 is 0 Å². The second-order valence-electron chi connectivity index (χ2n) is 3.77. The minimum Gasteiger partial charge on any atom is -0.348 e. The Morgan fingerprint density at radius 1 is 1.27 bits per heavy atom. The highest BCUT2D eigenvalue weighted by Crippen LogP contribution is 2.23. The Morgan fingerprint density at radius 2 is 2.27 bits per heavy atom. The number of rotatable bonds is 1. The van der Waals surface area contributed by atoms with Gasteiger partial charge in [0.25, 0.3) is 0 Å². The first-order chi connectivity index (χ1) is 7.45. The number of aromatic nitrogens is 2. The molecule has 3 heterocycles. The predicted molar refractivity (Wildman–Crippen MR) is 58.5 cm³/mol. The molecule has 2 aromatic rings. The first-order valence-electron chi connectivity index (χ1n) is 5.24. The summed E-state index contributed by atoms with van der Waals surface area (Å²) in [5, 5.41) is 3.49. The summed E-state index contributed by atoms with van der Waals surface area (Å²) in [6, 6.07) is 10.6. The van der Waals surface area contributed by atoms with Crippen LogP contribution in [0.15, 0.2) is 42.7 Å². The molecule has 3 rings (SSSR count). The normalized spacial score (nSPS) is 19.9. The zero-order valence-corrected chi connectivity index (χ0v) is 8.43. The van der Waals surface area contributed by atoms with E-state index in [9.17, 15) is 0 Å². The highest BCUT2D eigenvalue weighted by atomic mass is 15.1. The van der Waals surface area contributed by atoms with E-state index in [0.717, 1.165) is 18.8 Å². The van der Waals surface area contributed by atoms with Crippen molar-refractivity contribution in [2.75, 3.05) is 6.54 Å². The molecule has 0 aliphatic carbocycles. The van der Waals surface area contributed by atoms with Crippen LogP contribution in [0, 0.1) is 0 Å². The van der Waals surface area contributed by atoms with Gasteiger partial charge in [0.2, 0.25) is 0 Å². The van der Waals surface area contributed by atoms with Crippen molar-refractivity contribution in [1.29, 1.82) is 0 Å². The summed E-state index contributed by atoms with van der Waals surface area (Å²) < 4.78 is 2.29. The lowest BCUT2D eigenvalue weighted by molar-refractivity contribution is 0.461. The fraction of sp³-hybridized carbons (Fsp3) is 0.250. The third-order valence-electron chi connectivity index (χ3n) is 2.85. The highest BCUT2D eigenvalue weighted by Gasteiger charge is 2.21. The Bertz CT molecular complexity index is 447. The van der Waals surface area contributed by atoms with E-state index in [1.807, 2.05) is 18.3 Å². The highest BCUT2D eigenvalue weighted by molar-refractivity contribution is 5.24. The Balaban J connectivity index is 2.03. The monoisotopic (exact) mass is 199 g/mol. The fourth-order valence-corrected chi connectivity index (χ4v) is 2.13. The lowest BCUT2D eigenvalue weighted by Gasteiger charge is -2.25. The van der Waals surface area contributed by atoms with E-state index < -0.39 is 0 Å². The molecule has 0 aromatic carbocycles. The predicted octanol–water partition coefficient (Wildman–Crippen LogP) is 1.58. The van der Waals surface area contributed by atoms with Crippen LogP contribution < -0.4 is 5.32 Å². The lowest BCUT2D eigenvalue weighted by atomic mass is 10.1. The first-order valence-corrected chi connectivity index (χ1v) is 5.24. The molecule has 0 unspecified atom stereocenters. The maximum absolute atomic E-state index is 4.41. The molecule has 76 valence electrons. The molecule has 0 amide bonds. The topological polar surface area (TPSA) is 29.9 Å². The van der Waals surface area contributed by atoms with Gasteiger partial charge in [-0.15, -0.1) is 0 Å². The number of hydrogen-bond donors (Lipinski definition) is 1. The average Bonchev–Trinajstić information content (AvgIpc) is 2.78.